The number of phosphoric acid groups is 1. The van der Waals surface area contributed by atoms with Crippen LogP contribution in [0.15, 0.2) is 29.3 Å². The number of aliphatic hydroxyl groups is 5. The summed E-state index contributed by atoms with van der Waals surface area (Å²) < 4.78 is 26.5. The van der Waals surface area contributed by atoms with Gasteiger partial charge in [-0.05, 0) is 44.0 Å². The number of aliphatic hydroxyl groups excluding tert-OH is 5. The van der Waals surface area contributed by atoms with Crippen LogP contribution in [0.2, 0.25) is 0 Å². The maximum Gasteiger partial charge on any atom is 0.469 e. The van der Waals surface area contributed by atoms with E-state index >= 15 is 0 Å². The number of nitrogens with one attached hydrogen (secondary N) is 6. The summed E-state index contributed by atoms with van der Waals surface area (Å²) in [6.45, 7) is -2.95. The van der Waals surface area contributed by atoms with Gasteiger partial charge in [0, 0.05) is 12.2 Å². The molecule has 0 bridgehead atoms. The van der Waals surface area contributed by atoms with Crippen molar-refractivity contribution in [2.75, 3.05) is 44.0 Å². The zero-order valence-corrected chi connectivity index (χ0v) is 35.1. The largest absolute Gasteiger partial charge is 0.478 e. The van der Waals surface area contributed by atoms with Crippen LogP contribution in [0.4, 0.5) is 5.69 Å². The van der Waals surface area contributed by atoms with Crippen LogP contribution >= 0.6 is 20.5 Å². The van der Waals surface area contributed by atoms with E-state index in [-0.39, 0.29) is 36.6 Å². The van der Waals surface area contributed by atoms with E-state index in [2.05, 4.69) is 43.4 Å². The molecule has 2 rings (SSSR count). The minimum Gasteiger partial charge on any atom is -0.478 e. The Balaban J connectivity index is 2.26. The summed E-state index contributed by atoms with van der Waals surface area (Å²) in [5.41, 5.74) is 10.8. The number of aromatic carboxylic acids is 1. The molecule has 10 atom stereocenters. The number of hydrogen-bond acceptors (Lipinski definition) is 18. The van der Waals surface area contributed by atoms with Crippen LogP contribution in [0.1, 0.15) is 30.1 Å². The predicted molar refractivity (Wildman–Crippen MR) is 216 cm³/mol. The van der Waals surface area contributed by atoms with Crippen LogP contribution in [0.5, 0.6) is 0 Å². The minimum absolute atomic E-state index is 0.0333. The minimum atomic E-state index is -5.36. The van der Waals surface area contributed by atoms with Gasteiger partial charge in [0.25, 0.3) is 0 Å². The summed E-state index contributed by atoms with van der Waals surface area (Å²) in [4.78, 5) is 112. The Morgan fingerprint density at radius 2 is 1.37 bits per heavy atom. The first-order valence-electron chi connectivity index (χ1n) is 18.6. The number of hydrogen-bond donors (Lipinski definition) is 17. The van der Waals surface area contributed by atoms with Gasteiger partial charge in [0.2, 0.25) is 35.4 Å². The first-order chi connectivity index (χ1) is 29.5. The fraction of sp³-hybridized carbons (Fsp3) is 0.576. The molecule has 0 aliphatic carbocycles. The lowest BCUT2D eigenvalue weighted by Gasteiger charge is -2.40. The summed E-state index contributed by atoms with van der Waals surface area (Å²) in [5.74, 6) is -8.56. The van der Waals surface area contributed by atoms with Gasteiger partial charge in [-0.25, -0.2) is 9.36 Å². The fourth-order valence-corrected chi connectivity index (χ4v) is 5.72. The highest BCUT2D eigenvalue weighted by atomic mass is 32.1. The normalized spacial score (nSPS) is 20.9. The van der Waals surface area contributed by atoms with Crippen molar-refractivity contribution >= 4 is 73.5 Å². The van der Waals surface area contributed by atoms with Gasteiger partial charge >= 0.3 is 13.8 Å². The summed E-state index contributed by atoms with van der Waals surface area (Å²) >= 11 is 3.80. The Hall–Kier alpha value is -5.04. The van der Waals surface area contributed by atoms with Crippen molar-refractivity contribution in [1.82, 2.24) is 26.6 Å². The second kappa shape index (κ2) is 25.9. The van der Waals surface area contributed by atoms with E-state index in [9.17, 15) is 73.4 Å². The molecule has 354 valence electrons. The number of carboxylic acid groups (broad SMARTS) is 1. The lowest BCUT2D eigenvalue weighted by atomic mass is 9.99. The molecule has 1 aromatic carbocycles. The number of anilines is 1. The third-order valence-corrected chi connectivity index (χ3v) is 9.43. The standard InChI is InChI=1S/C33H52N9O19PS/c1-14(26(49)38-16-6-4-15(5-7-16)31(54)55)37-27(50)17(3-2-8-36-33(34)35)40-28(51)18(9-43)41-30(53)20(12-60-62(56,57)58)42-29(52)19(39-22(45)13-63)11-59-32-25(48)24(47)23(46)21(10-44)61-32/h4-7,14,17-21,23-25,32,43-44,46-48,63H,2-3,8-13H2,1H3,(H,37,50)(H,38,49)(H,39,45)(H,40,51)(H,41,53)(H,42,52)(H,54,55)(H4,34,35,36)(H2,56,57,58)/t14-,17-,18+,19+,20+,21?,23+,24?,25?,32+/m1/s1. The summed E-state index contributed by atoms with van der Waals surface area (Å²) in [6.07, 6.45) is -8.96. The van der Waals surface area contributed by atoms with E-state index < -0.39 is 142 Å². The fourth-order valence-electron chi connectivity index (χ4n) is 5.28. The molecule has 28 nitrogen and oxygen atoms in total. The molecular weight excluding hydrogens is 889 g/mol. The van der Waals surface area contributed by atoms with Gasteiger partial charge in [0.05, 0.1) is 37.7 Å². The number of nitrogens with two attached hydrogens (primary N) is 2. The van der Waals surface area contributed by atoms with Crippen molar-refractivity contribution < 1.29 is 92.6 Å². The molecule has 0 spiro atoms. The van der Waals surface area contributed by atoms with Gasteiger partial charge in [-0.3, -0.25) is 38.3 Å². The number of nitrogens with zero attached hydrogens (tertiary/aromatic N) is 1. The Morgan fingerprint density at radius 3 is 1.90 bits per heavy atom. The number of phosphoric ester groups is 1. The van der Waals surface area contributed by atoms with Gasteiger partial charge < -0.3 is 93.3 Å². The van der Waals surface area contributed by atoms with Crippen LogP contribution in [-0.2, 0) is 47.3 Å². The van der Waals surface area contributed by atoms with Gasteiger partial charge in [0.15, 0.2) is 12.2 Å². The molecule has 0 aromatic heterocycles. The highest BCUT2D eigenvalue weighted by Gasteiger charge is 2.44. The second-order valence-electron chi connectivity index (χ2n) is 13.5. The number of ether oxygens (including phenoxy) is 2. The van der Waals surface area contributed by atoms with Crippen LogP contribution < -0.4 is 43.4 Å². The molecule has 63 heavy (non-hydrogen) atoms. The van der Waals surface area contributed by atoms with Crippen LogP contribution in [0.3, 0.4) is 0 Å². The molecule has 30 heteroatoms. The molecule has 1 aliphatic heterocycles. The molecule has 1 heterocycles. The topological polar surface area (TPSA) is 463 Å². The number of rotatable bonds is 25. The van der Waals surface area contributed by atoms with Gasteiger partial charge in [-0.2, -0.15) is 12.6 Å². The van der Waals surface area contributed by atoms with Gasteiger partial charge in [-0.15, -0.1) is 0 Å². The quantitative estimate of drug-likeness (QED) is 0.0142. The number of thiol groups is 1. The maximum absolute atomic E-state index is 13.5. The molecule has 0 saturated carbocycles. The maximum atomic E-state index is 13.5. The first kappa shape index (κ1) is 54.1. The molecule has 3 unspecified atom stereocenters. The summed E-state index contributed by atoms with van der Waals surface area (Å²) in [6, 6.07) is -3.55. The number of aliphatic imine (C=N–C) groups is 1. The third-order valence-electron chi connectivity index (χ3n) is 8.66. The Kier molecular flexibility index (Phi) is 22.3. The number of carboxylic acids is 1. The molecule has 18 N–H and O–H groups in total. The Bertz CT molecular complexity index is 1820. The SMILES string of the molecule is C[C@@H](NC(=O)[C@@H](CCCN=C(N)N)NC(=O)[C@H](CO)NC(=O)[C@H](COP(=O)(O)O)NC(=O)[C@H](CO[C@H]1OC(CO)[C@H](O)C(O)C1O)NC(=O)CS)C(=O)Nc1ccc(C(=O)O)cc1. The lowest BCUT2D eigenvalue weighted by molar-refractivity contribution is -0.301. The molecule has 0 radical (unpaired) electrons. The van der Waals surface area contributed by atoms with E-state index in [1.54, 1.807) is 0 Å². The zero-order valence-electron chi connectivity index (χ0n) is 33.3. The van der Waals surface area contributed by atoms with Gasteiger partial charge in [-0.1, -0.05) is 0 Å². The second-order valence-corrected chi connectivity index (χ2v) is 15.1. The van der Waals surface area contributed by atoms with Crippen molar-refractivity contribution in [2.45, 2.75) is 80.7 Å². The molecule has 1 aromatic rings. The first-order valence-corrected chi connectivity index (χ1v) is 20.7. The van der Waals surface area contributed by atoms with E-state index in [0.29, 0.717) is 0 Å². The van der Waals surface area contributed by atoms with E-state index in [0.717, 1.165) is 0 Å². The summed E-state index contributed by atoms with van der Waals surface area (Å²) in [7, 11) is -5.36. The molecule has 1 fully saturated rings. The van der Waals surface area contributed by atoms with Crippen LogP contribution in [0.25, 0.3) is 0 Å². The average molecular weight is 942 g/mol. The predicted octanol–water partition coefficient (Wildman–Crippen LogP) is -7.33. The monoisotopic (exact) mass is 941 g/mol. The van der Waals surface area contributed by atoms with E-state index in [1.807, 2.05) is 10.6 Å². The van der Waals surface area contributed by atoms with E-state index in [4.69, 9.17) is 26.0 Å². The average Bonchev–Trinajstić information content (AvgIpc) is 3.22. The number of carbonyl (C=O) groups is 7. The third kappa shape index (κ3) is 18.3. The molecular formula is C33H52N9O19PS. The number of benzene rings is 1. The smallest absolute Gasteiger partial charge is 0.469 e. The molecule has 1 aliphatic rings. The van der Waals surface area contributed by atoms with Gasteiger partial charge in [0.1, 0.15) is 54.6 Å². The Labute approximate surface area is 363 Å². The van der Waals surface area contributed by atoms with Crippen molar-refractivity contribution in [3.63, 3.8) is 0 Å². The number of guanidine groups is 1. The Morgan fingerprint density at radius 1 is 0.810 bits per heavy atom. The highest BCUT2D eigenvalue weighted by molar-refractivity contribution is 7.81. The summed E-state index contributed by atoms with van der Waals surface area (Å²) in [5, 5.41) is 72.4. The molecule has 1 saturated heterocycles. The zero-order chi connectivity index (χ0) is 47.6. The van der Waals surface area contributed by atoms with Crippen molar-refractivity contribution in [2.24, 2.45) is 16.5 Å². The van der Waals surface area contributed by atoms with Crippen LogP contribution in [0, 0.1) is 0 Å². The van der Waals surface area contributed by atoms with Crippen molar-refractivity contribution in [1.29, 1.82) is 0 Å². The van der Waals surface area contributed by atoms with Crippen LogP contribution in [-0.4, -0.2) is 187 Å². The molecule has 6 amide bonds. The van der Waals surface area contributed by atoms with E-state index in [1.165, 1.54) is 31.2 Å². The van der Waals surface area contributed by atoms with Crippen molar-refractivity contribution in [3.05, 3.63) is 29.8 Å². The lowest BCUT2D eigenvalue weighted by Crippen LogP contribution is -2.61. The number of amides is 6. The van der Waals surface area contributed by atoms with Crippen molar-refractivity contribution in [3.8, 4) is 0 Å². The number of carbonyl (C=O) groups excluding carboxylic acids is 6. The highest BCUT2D eigenvalue weighted by Crippen LogP contribution is 2.35.